The summed E-state index contributed by atoms with van der Waals surface area (Å²) in [5.41, 5.74) is 1.39. The van der Waals surface area contributed by atoms with Gasteiger partial charge in [-0.2, -0.15) is 0 Å². The Labute approximate surface area is 129 Å². The van der Waals surface area contributed by atoms with Crippen molar-refractivity contribution in [2.24, 2.45) is 0 Å². The van der Waals surface area contributed by atoms with Gasteiger partial charge in [0, 0.05) is 12.6 Å². The summed E-state index contributed by atoms with van der Waals surface area (Å²) in [5.74, 6) is 0. The topological polar surface area (TPSA) is 15.3 Å². The maximum atomic E-state index is 3.70. The van der Waals surface area contributed by atoms with Crippen LogP contribution in [0.1, 0.15) is 38.3 Å². The highest BCUT2D eigenvalue weighted by atomic mass is 15.1. The molecule has 2 heteroatoms. The number of nitrogens with zero attached hydrogens (tertiary/aromatic N) is 1. The molecule has 2 aromatic carbocycles. The Hall–Kier alpha value is -1.38. The Morgan fingerprint density at radius 2 is 1.76 bits per heavy atom. The zero-order chi connectivity index (χ0) is 15.1. The van der Waals surface area contributed by atoms with E-state index in [0.29, 0.717) is 6.04 Å². The lowest BCUT2D eigenvalue weighted by atomic mass is 10.0. The molecule has 0 fully saturated rings. The average Bonchev–Trinajstić information content (AvgIpc) is 2.51. The molecule has 1 unspecified atom stereocenters. The van der Waals surface area contributed by atoms with E-state index in [0.717, 1.165) is 19.6 Å². The lowest BCUT2D eigenvalue weighted by Gasteiger charge is -2.25. The molecule has 0 aliphatic heterocycles. The van der Waals surface area contributed by atoms with Gasteiger partial charge in [0.25, 0.3) is 0 Å². The minimum absolute atomic E-state index is 0.408. The summed E-state index contributed by atoms with van der Waals surface area (Å²) in [7, 11) is 2.21. The van der Waals surface area contributed by atoms with Crippen molar-refractivity contribution in [2.75, 3.05) is 26.7 Å². The van der Waals surface area contributed by atoms with Gasteiger partial charge in [0.05, 0.1) is 0 Å². The van der Waals surface area contributed by atoms with Crippen LogP contribution in [-0.4, -0.2) is 31.6 Å². The molecule has 0 aliphatic carbocycles. The van der Waals surface area contributed by atoms with Gasteiger partial charge in [0.2, 0.25) is 0 Å². The SMILES string of the molecule is CCCNC(CN(C)CCC)c1ccc2ccccc2c1. The highest BCUT2D eigenvalue weighted by Crippen LogP contribution is 2.21. The smallest absolute Gasteiger partial charge is 0.0449 e. The third kappa shape index (κ3) is 4.55. The monoisotopic (exact) mass is 284 g/mol. The van der Waals surface area contributed by atoms with Crippen molar-refractivity contribution in [1.29, 1.82) is 0 Å². The minimum Gasteiger partial charge on any atom is -0.309 e. The van der Waals surface area contributed by atoms with E-state index in [1.54, 1.807) is 0 Å². The van der Waals surface area contributed by atoms with Crippen LogP contribution >= 0.6 is 0 Å². The summed E-state index contributed by atoms with van der Waals surface area (Å²) in [6.07, 6.45) is 2.37. The molecule has 21 heavy (non-hydrogen) atoms. The van der Waals surface area contributed by atoms with Gasteiger partial charge in [-0.1, -0.05) is 50.2 Å². The van der Waals surface area contributed by atoms with Gasteiger partial charge in [-0.25, -0.2) is 0 Å². The number of hydrogen-bond donors (Lipinski definition) is 1. The second-order valence-electron chi connectivity index (χ2n) is 5.88. The normalized spacial score (nSPS) is 13.0. The molecule has 0 heterocycles. The second-order valence-corrected chi connectivity index (χ2v) is 5.88. The minimum atomic E-state index is 0.408. The third-order valence-electron chi connectivity index (χ3n) is 3.92. The van der Waals surface area contributed by atoms with E-state index in [1.165, 1.54) is 29.2 Å². The van der Waals surface area contributed by atoms with Crippen molar-refractivity contribution in [2.45, 2.75) is 32.7 Å². The Morgan fingerprint density at radius 3 is 2.48 bits per heavy atom. The van der Waals surface area contributed by atoms with Gasteiger partial charge in [-0.05, 0) is 55.4 Å². The molecule has 1 N–H and O–H groups in total. The lowest BCUT2D eigenvalue weighted by Crippen LogP contribution is -2.33. The van der Waals surface area contributed by atoms with E-state index in [-0.39, 0.29) is 0 Å². The first kappa shape index (κ1) is 16.0. The first-order chi connectivity index (χ1) is 10.2. The number of fused-ring (bicyclic) bond motifs is 1. The van der Waals surface area contributed by atoms with Crippen molar-refractivity contribution >= 4 is 10.8 Å². The number of hydrogen-bond acceptors (Lipinski definition) is 2. The van der Waals surface area contributed by atoms with Crippen LogP contribution in [0.3, 0.4) is 0 Å². The number of rotatable bonds is 8. The van der Waals surface area contributed by atoms with E-state index in [4.69, 9.17) is 0 Å². The van der Waals surface area contributed by atoms with Crippen molar-refractivity contribution in [3.8, 4) is 0 Å². The Balaban J connectivity index is 2.20. The van der Waals surface area contributed by atoms with Gasteiger partial charge in [-0.3, -0.25) is 0 Å². The van der Waals surface area contributed by atoms with Gasteiger partial charge in [-0.15, -0.1) is 0 Å². The maximum Gasteiger partial charge on any atom is 0.0449 e. The molecule has 1 atom stereocenters. The Morgan fingerprint density at radius 1 is 1.00 bits per heavy atom. The Kier molecular flexibility index (Phi) is 6.21. The van der Waals surface area contributed by atoms with E-state index in [1.807, 2.05) is 0 Å². The first-order valence-corrected chi connectivity index (χ1v) is 8.15. The van der Waals surface area contributed by atoms with Crippen LogP contribution in [0.25, 0.3) is 10.8 Å². The molecular weight excluding hydrogens is 256 g/mol. The molecule has 0 radical (unpaired) electrons. The molecule has 0 aliphatic rings. The van der Waals surface area contributed by atoms with E-state index in [9.17, 15) is 0 Å². The van der Waals surface area contributed by atoms with Crippen LogP contribution in [0.5, 0.6) is 0 Å². The van der Waals surface area contributed by atoms with Crippen LogP contribution in [0.2, 0.25) is 0 Å². The summed E-state index contributed by atoms with van der Waals surface area (Å²) in [5, 5.41) is 6.35. The number of likely N-dealkylation sites (N-methyl/N-ethyl adjacent to an activating group) is 1. The van der Waals surface area contributed by atoms with Crippen LogP contribution in [0.4, 0.5) is 0 Å². The molecule has 0 bridgehead atoms. The van der Waals surface area contributed by atoms with Gasteiger partial charge < -0.3 is 10.2 Å². The third-order valence-corrected chi connectivity index (χ3v) is 3.92. The number of nitrogens with one attached hydrogen (secondary N) is 1. The molecule has 0 saturated carbocycles. The fraction of sp³-hybridized carbons (Fsp3) is 0.474. The lowest BCUT2D eigenvalue weighted by molar-refractivity contribution is 0.291. The first-order valence-electron chi connectivity index (χ1n) is 8.15. The molecule has 114 valence electrons. The van der Waals surface area contributed by atoms with Crippen LogP contribution in [-0.2, 0) is 0 Å². The standard InChI is InChI=1S/C19H28N2/c1-4-12-20-19(15-21(3)13-5-2)18-11-10-16-8-6-7-9-17(16)14-18/h6-11,14,19-20H,4-5,12-13,15H2,1-3H3. The summed E-state index contributed by atoms with van der Waals surface area (Å²) >= 11 is 0. The molecule has 2 aromatic rings. The van der Waals surface area contributed by atoms with Crippen LogP contribution < -0.4 is 5.32 Å². The summed E-state index contributed by atoms with van der Waals surface area (Å²) in [6, 6.07) is 15.9. The largest absolute Gasteiger partial charge is 0.309 e. The van der Waals surface area contributed by atoms with Crippen molar-refractivity contribution in [1.82, 2.24) is 10.2 Å². The average molecular weight is 284 g/mol. The fourth-order valence-electron chi connectivity index (χ4n) is 2.82. The van der Waals surface area contributed by atoms with E-state index in [2.05, 4.69) is 73.6 Å². The predicted octanol–water partition coefficient (Wildman–Crippen LogP) is 4.22. The fourth-order valence-corrected chi connectivity index (χ4v) is 2.82. The molecule has 2 rings (SSSR count). The van der Waals surface area contributed by atoms with Crippen LogP contribution in [0.15, 0.2) is 42.5 Å². The quantitative estimate of drug-likeness (QED) is 0.780. The molecule has 0 saturated heterocycles. The van der Waals surface area contributed by atoms with Gasteiger partial charge in [0.1, 0.15) is 0 Å². The summed E-state index contributed by atoms with van der Waals surface area (Å²) < 4.78 is 0. The predicted molar refractivity (Wildman–Crippen MR) is 92.8 cm³/mol. The molecule has 0 spiro atoms. The summed E-state index contributed by atoms with van der Waals surface area (Å²) in [6.45, 7) is 7.74. The zero-order valence-corrected chi connectivity index (χ0v) is 13.6. The molecule has 2 nitrogen and oxygen atoms in total. The number of benzene rings is 2. The molecule has 0 amide bonds. The van der Waals surface area contributed by atoms with Crippen molar-refractivity contribution < 1.29 is 0 Å². The van der Waals surface area contributed by atoms with Gasteiger partial charge in [0.15, 0.2) is 0 Å². The van der Waals surface area contributed by atoms with E-state index >= 15 is 0 Å². The maximum absolute atomic E-state index is 3.70. The highest BCUT2D eigenvalue weighted by molar-refractivity contribution is 5.83. The zero-order valence-electron chi connectivity index (χ0n) is 13.6. The van der Waals surface area contributed by atoms with Gasteiger partial charge >= 0.3 is 0 Å². The van der Waals surface area contributed by atoms with E-state index < -0.39 is 0 Å². The van der Waals surface area contributed by atoms with Crippen LogP contribution in [0, 0.1) is 0 Å². The van der Waals surface area contributed by atoms with Crippen molar-refractivity contribution in [3.05, 3.63) is 48.0 Å². The van der Waals surface area contributed by atoms with Crippen molar-refractivity contribution in [3.63, 3.8) is 0 Å². The summed E-state index contributed by atoms with van der Waals surface area (Å²) in [4.78, 5) is 2.42. The Bertz CT molecular complexity index is 550. The molecular formula is C19H28N2. The highest BCUT2D eigenvalue weighted by Gasteiger charge is 2.13. The molecule has 0 aromatic heterocycles. The second kappa shape index (κ2) is 8.16.